The Balaban J connectivity index is 2.10. The van der Waals surface area contributed by atoms with Crippen LogP contribution in [0.5, 0.6) is 0 Å². The maximum absolute atomic E-state index is 13.5. The molecule has 3 rings (SSSR count). The van der Waals surface area contributed by atoms with Crippen molar-refractivity contribution in [2.75, 3.05) is 6.61 Å². The SMILES string of the molecule is CCOC(=O)[C@H]1C[C@@]2(C)C(=O)CCCC[C@H]2N1S(=O)(=O)c1ccc(C)cc1. The summed E-state index contributed by atoms with van der Waals surface area (Å²) in [6.45, 7) is 5.55. The lowest BCUT2D eigenvalue weighted by molar-refractivity contribution is -0.147. The number of Topliss-reactive ketones (excluding diaryl/α,β-unsaturated/α-hetero) is 1. The van der Waals surface area contributed by atoms with Crippen molar-refractivity contribution < 1.29 is 22.7 Å². The van der Waals surface area contributed by atoms with E-state index in [1.165, 1.54) is 4.31 Å². The van der Waals surface area contributed by atoms with E-state index < -0.39 is 33.5 Å². The Bertz CT molecular complexity index is 832. The van der Waals surface area contributed by atoms with Gasteiger partial charge in [0.05, 0.1) is 11.5 Å². The summed E-state index contributed by atoms with van der Waals surface area (Å²) in [6.07, 6.45) is 2.71. The average molecular weight is 394 g/mol. The minimum absolute atomic E-state index is 0.0425. The summed E-state index contributed by atoms with van der Waals surface area (Å²) in [5.41, 5.74) is 0.0953. The molecule has 1 aliphatic carbocycles. The second kappa shape index (κ2) is 7.36. The zero-order valence-electron chi connectivity index (χ0n) is 16.1. The molecule has 1 aromatic carbocycles. The van der Waals surface area contributed by atoms with Crippen LogP contribution in [0.3, 0.4) is 0 Å². The van der Waals surface area contributed by atoms with E-state index in [2.05, 4.69) is 0 Å². The maximum atomic E-state index is 13.5. The lowest BCUT2D eigenvalue weighted by Crippen LogP contribution is -2.48. The number of rotatable bonds is 4. The molecule has 6 nitrogen and oxygen atoms in total. The second-order valence-electron chi connectivity index (χ2n) is 7.72. The normalized spacial score (nSPS) is 29.2. The standard InChI is InChI=1S/C20H27NO5S/c1-4-26-19(23)16-13-20(3)17(7-5-6-8-18(20)22)21(16)27(24,25)15-11-9-14(2)10-12-15/h9-12,16-17H,4-8,13H2,1-3H3/t16-,17-,20-/m1/s1. The van der Waals surface area contributed by atoms with Crippen molar-refractivity contribution in [2.45, 2.75) is 69.9 Å². The fourth-order valence-corrected chi connectivity index (χ4v) is 6.26. The minimum Gasteiger partial charge on any atom is -0.465 e. The Morgan fingerprint density at radius 3 is 2.56 bits per heavy atom. The van der Waals surface area contributed by atoms with Gasteiger partial charge in [-0.15, -0.1) is 0 Å². The molecule has 1 aliphatic heterocycles. The average Bonchev–Trinajstić information content (AvgIpc) is 2.86. The number of ketones is 1. The van der Waals surface area contributed by atoms with Gasteiger partial charge in [0.25, 0.3) is 0 Å². The van der Waals surface area contributed by atoms with Gasteiger partial charge in [-0.2, -0.15) is 4.31 Å². The van der Waals surface area contributed by atoms with E-state index in [9.17, 15) is 18.0 Å². The van der Waals surface area contributed by atoms with Gasteiger partial charge in [0, 0.05) is 17.9 Å². The molecular weight excluding hydrogens is 366 g/mol. The molecule has 0 radical (unpaired) electrons. The first kappa shape index (κ1) is 20.0. The summed E-state index contributed by atoms with van der Waals surface area (Å²) in [5, 5.41) is 0. The molecule has 1 saturated carbocycles. The molecule has 148 valence electrons. The molecule has 27 heavy (non-hydrogen) atoms. The van der Waals surface area contributed by atoms with Crippen LogP contribution >= 0.6 is 0 Å². The number of carbonyl (C=O) groups excluding carboxylic acids is 2. The summed E-state index contributed by atoms with van der Waals surface area (Å²) >= 11 is 0. The van der Waals surface area contributed by atoms with Crippen LogP contribution in [0.15, 0.2) is 29.2 Å². The highest BCUT2D eigenvalue weighted by Crippen LogP contribution is 2.48. The van der Waals surface area contributed by atoms with Crippen LogP contribution in [-0.4, -0.2) is 43.2 Å². The Kier molecular flexibility index (Phi) is 5.45. The van der Waals surface area contributed by atoms with Gasteiger partial charge in [0.1, 0.15) is 11.8 Å². The van der Waals surface area contributed by atoms with Gasteiger partial charge in [0.15, 0.2) is 0 Å². The molecule has 0 spiro atoms. The number of esters is 1. The van der Waals surface area contributed by atoms with Crippen molar-refractivity contribution in [3.63, 3.8) is 0 Å². The van der Waals surface area contributed by atoms with Crippen molar-refractivity contribution in [3.8, 4) is 0 Å². The Morgan fingerprint density at radius 2 is 1.93 bits per heavy atom. The predicted molar refractivity (Wildman–Crippen MR) is 101 cm³/mol. The van der Waals surface area contributed by atoms with E-state index in [4.69, 9.17) is 4.74 Å². The van der Waals surface area contributed by atoms with Gasteiger partial charge in [-0.1, -0.05) is 31.0 Å². The lowest BCUT2D eigenvalue weighted by Gasteiger charge is -2.32. The van der Waals surface area contributed by atoms with E-state index in [1.807, 2.05) is 13.8 Å². The van der Waals surface area contributed by atoms with E-state index in [1.54, 1.807) is 31.2 Å². The predicted octanol–water partition coefficient (Wildman–Crippen LogP) is 2.84. The fourth-order valence-electron chi connectivity index (χ4n) is 4.37. The highest BCUT2D eigenvalue weighted by molar-refractivity contribution is 7.89. The van der Waals surface area contributed by atoms with Gasteiger partial charge in [-0.05, 0) is 45.2 Å². The molecule has 7 heteroatoms. The van der Waals surface area contributed by atoms with E-state index >= 15 is 0 Å². The summed E-state index contributed by atoms with van der Waals surface area (Å²) in [7, 11) is -3.94. The number of benzene rings is 1. The van der Waals surface area contributed by atoms with Crippen LogP contribution in [0.4, 0.5) is 0 Å². The Morgan fingerprint density at radius 1 is 1.26 bits per heavy atom. The fraction of sp³-hybridized carbons (Fsp3) is 0.600. The lowest BCUT2D eigenvalue weighted by atomic mass is 9.77. The molecule has 0 aromatic heterocycles. The first-order chi connectivity index (χ1) is 12.7. The van der Waals surface area contributed by atoms with Gasteiger partial charge in [0.2, 0.25) is 10.0 Å². The molecule has 1 aromatic rings. The molecule has 3 atom stereocenters. The molecular formula is C20H27NO5S. The highest BCUT2D eigenvalue weighted by atomic mass is 32.2. The first-order valence-electron chi connectivity index (χ1n) is 9.52. The van der Waals surface area contributed by atoms with Crippen LogP contribution in [0.25, 0.3) is 0 Å². The first-order valence-corrected chi connectivity index (χ1v) is 11.0. The number of ether oxygens (including phenoxy) is 1. The zero-order valence-corrected chi connectivity index (χ0v) is 16.9. The van der Waals surface area contributed by atoms with Gasteiger partial charge in [-0.3, -0.25) is 9.59 Å². The quantitative estimate of drug-likeness (QED) is 0.735. The van der Waals surface area contributed by atoms with E-state index in [0.29, 0.717) is 12.8 Å². The second-order valence-corrected chi connectivity index (χ2v) is 9.57. The Labute approximate surface area is 160 Å². The molecule has 2 aliphatic rings. The van der Waals surface area contributed by atoms with Gasteiger partial charge < -0.3 is 4.74 Å². The maximum Gasteiger partial charge on any atom is 0.324 e. The summed E-state index contributed by atoms with van der Waals surface area (Å²) in [4.78, 5) is 25.6. The third-order valence-electron chi connectivity index (χ3n) is 5.89. The highest BCUT2D eigenvalue weighted by Gasteiger charge is 2.59. The van der Waals surface area contributed by atoms with Gasteiger partial charge in [-0.25, -0.2) is 8.42 Å². The largest absolute Gasteiger partial charge is 0.465 e. The molecule has 0 amide bonds. The minimum atomic E-state index is -3.94. The number of fused-ring (bicyclic) bond motifs is 1. The van der Waals surface area contributed by atoms with Crippen molar-refractivity contribution in [1.82, 2.24) is 4.31 Å². The molecule has 0 unspecified atom stereocenters. The topological polar surface area (TPSA) is 80.8 Å². The zero-order chi connectivity index (χ0) is 19.8. The number of hydrogen-bond donors (Lipinski definition) is 0. The number of carbonyl (C=O) groups is 2. The summed E-state index contributed by atoms with van der Waals surface area (Å²) in [5.74, 6) is -0.531. The third-order valence-corrected chi connectivity index (χ3v) is 7.82. The number of sulfonamides is 1. The van der Waals surface area contributed by atoms with Crippen molar-refractivity contribution in [3.05, 3.63) is 29.8 Å². The monoisotopic (exact) mass is 393 g/mol. The summed E-state index contributed by atoms with van der Waals surface area (Å²) in [6, 6.07) is 5.10. The molecule has 0 N–H and O–H groups in total. The van der Waals surface area contributed by atoms with E-state index in [-0.39, 0.29) is 23.7 Å². The van der Waals surface area contributed by atoms with Crippen LogP contribution in [0.1, 0.15) is 51.5 Å². The van der Waals surface area contributed by atoms with Crippen molar-refractivity contribution >= 4 is 21.8 Å². The molecule has 0 bridgehead atoms. The van der Waals surface area contributed by atoms with Gasteiger partial charge >= 0.3 is 5.97 Å². The van der Waals surface area contributed by atoms with Crippen LogP contribution in [0.2, 0.25) is 0 Å². The third kappa shape index (κ3) is 3.43. The molecule has 1 heterocycles. The smallest absolute Gasteiger partial charge is 0.324 e. The van der Waals surface area contributed by atoms with Crippen LogP contribution < -0.4 is 0 Å². The molecule has 2 fully saturated rings. The van der Waals surface area contributed by atoms with Crippen molar-refractivity contribution in [1.29, 1.82) is 0 Å². The van der Waals surface area contributed by atoms with Crippen LogP contribution in [0, 0.1) is 12.3 Å². The number of nitrogens with zero attached hydrogens (tertiary/aromatic N) is 1. The molecule has 1 saturated heterocycles. The Hall–Kier alpha value is -1.73. The van der Waals surface area contributed by atoms with E-state index in [0.717, 1.165) is 18.4 Å². The summed E-state index contributed by atoms with van der Waals surface area (Å²) < 4.78 is 33.4. The van der Waals surface area contributed by atoms with Crippen LogP contribution in [-0.2, 0) is 24.3 Å². The van der Waals surface area contributed by atoms with Crippen molar-refractivity contribution in [2.24, 2.45) is 5.41 Å². The number of aryl methyl sites for hydroxylation is 1. The number of hydrogen-bond acceptors (Lipinski definition) is 5.